The Kier molecular flexibility index (Phi) is 8.21. The van der Waals surface area contributed by atoms with Gasteiger partial charge in [-0.2, -0.15) is 0 Å². The summed E-state index contributed by atoms with van der Waals surface area (Å²) in [7, 11) is 0. The lowest BCUT2D eigenvalue weighted by Crippen LogP contribution is -2.23. The van der Waals surface area contributed by atoms with Crippen molar-refractivity contribution in [2.24, 2.45) is 5.92 Å². The van der Waals surface area contributed by atoms with Crippen molar-refractivity contribution >= 4 is 11.9 Å². The summed E-state index contributed by atoms with van der Waals surface area (Å²) in [4.78, 5) is 24.3. The monoisotopic (exact) mass is 310 g/mol. The summed E-state index contributed by atoms with van der Waals surface area (Å²) < 4.78 is 11.0. The van der Waals surface area contributed by atoms with Crippen LogP contribution < -0.4 is 0 Å². The Hall–Kier alpha value is -1.32. The summed E-state index contributed by atoms with van der Waals surface area (Å²) in [5.41, 5.74) is 0.661. The van der Waals surface area contributed by atoms with Crippen LogP contribution in [0.25, 0.3) is 0 Å². The molecule has 1 unspecified atom stereocenters. The second kappa shape index (κ2) is 9.65. The quantitative estimate of drug-likeness (QED) is 0.600. The van der Waals surface area contributed by atoms with Crippen molar-refractivity contribution in [3.05, 3.63) is 11.6 Å². The molecule has 0 bridgehead atoms. The Bertz CT molecular complexity index is 392. The molecule has 4 nitrogen and oxygen atoms in total. The maximum absolute atomic E-state index is 12.3. The van der Waals surface area contributed by atoms with E-state index < -0.39 is 0 Å². The highest BCUT2D eigenvalue weighted by Gasteiger charge is 2.30. The van der Waals surface area contributed by atoms with Gasteiger partial charge in [-0.25, -0.2) is 4.79 Å². The van der Waals surface area contributed by atoms with Crippen LogP contribution in [0.5, 0.6) is 0 Å². The summed E-state index contributed by atoms with van der Waals surface area (Å²) in [5.74, 6) is -0.517. The Balaban J connectivity index is 2.55. The average Bonchev–Trinajstić information content (AvgIpc) is 2.98. The van der Waals surface area contributed by atoms with Crippen LogP contribution in [0.15, 0.2) is 11.6 Å². The molecule has 1 rings (SSSR count). The number of carbonyl (C=O) groups is 2. The fourth-order valence-corrected chi connectivity index (χ4v) is 2.79. The van der Waals surface area contributed by atoms with E-state index in [0.29, 0.717) is 5.57 Å². The van der Waals surface area contributed by atoms with E-state index in [1.807, 2.05) is 33.8 Å². The van der Waals surface area contributed by atoms with Gasteiger partial charge < -0.3 is 9.47 Å². The molecule has 0 heterocycles. The fourth-order valence-electron chi connectivity index (χ4n) is 2.79. The highest BCUT2D eigenvalue weighted by Crippen LogP contribution is 2.30. The first-order chi connectivity index (χ1) is 10.5. The topological polar surface area (TPSA) is 52.6 Å². The molecule has 22 heavy (non-hydrogen) atoms. The lowest BCUT2D eigenvalue weighted by molar-refractivity contribution is -0.150. The second-order valence-corrected chi connectivity index (χ2v) is 5.91. The minimum Gasteiger partial charge on any atom is -0.462 e. The van der Waals surface area contributed by atoms with Crippen molar-refractivity contribution in [1.82, 2.24) is 0 Å². The van der Waals surface area contributed by atoms with E-state index in [1.165, 1.54) is 0 Å². The van der Waals surface area contributed by atoms with Gasteiger partial charge in [-0.05, 0) is 38.5 Å². The van der Waals surface area contributed by atoms with E-state index in [4.69, 9.17) is 9.47 Å². The second-order valence-electron chi connectivity index (χ2n) is 5.91. The van der Waals surface area contributed by atoms with Crippen molar-refractivity contribution in [2.75, 3.05) is 0 Å². The largest absolute Gasteiger partial charge is 0.462 e. The molecule has 0 fully saturated rings. The molecule has 0 saturated carbocycles. The van der Waals surface area contributed by atoms with Crippen molar-refractivity contribution in [3.8, 4) is 0 Å². The van der Waals surface area contributed by atoms with E-state index in [0.717, 1.165) is 38.5 Å². The molecule has 0 aliphatic heterocycles. The lowest BCUT2D eigenvalue weighted by atomic mass is 9.97. The Morgan fingerprint density at radius 1 is 1.05 bits per heavy atom. The van der Waals surface area contributed by atoms with Crippen LogP contribution in [-0.4, -0.2) is 24.1 Å². The molecule has 0 amide bonds. The average molecular weight is 310 g/mol. The summed E-state index contributed by atoms with van der Waals surface area (Å²) >= 11 is 0. The molecule has 0 aromatic rings. The third-order valence-electron chi connectivity index (χ3n) is 4.36. The van der Waals surface area contributed by atoms with Crippen LogP contribution in [0.1, 0.15) is 72.6 Å². The number of hydrogen-bond donors (Lipinski definition) is 0. The van der Waals surface area contributed by atoms with Crippen LogP contribution in [0.4, 0.5) is 0 Å². The van der Waals surface area contributed by atoms with Gasteiger partial charge in [0.15, 0.2) is 0 Å². The Morgan fingerprint density at radius 2 is 1.59 bits per heavy atom. The molecule has 0 saturated heterocycles. The summed E-state index contributed by atoms with van der Waals surface area (Å²) in [6.45, 7) is 8.04. The van der Waals surface area contributed by atoms with Crippen LogP contribution in [0, 0.1) is 5.92 Å². The number of hydrogen-bond acceptors (Lipinski definition) is 4. The predicted octanol–water partition coefficient (Wildman–Crippen LogP) is 4.18. The molecule has 0 spiro atoms. The molecule has 126 valence electrons. The number of allylic oxidation sites excluding steroid dienone is 1. The third-order valence-corrected chi connectivity index (χ3v) is 4.36. The number of rotatable bonds is 9. The highest BCUT2D eigenvalue weighted by atomic mass is 16.5. The molecule has 0 aromatic heterocycles. The molecular formula is C18H30O4. The number of ether oxygens (including phenoxy) is 2. The van der Waals surface area contributed by atoms with E-state index in [2.05, 4.69) is 0 Å². The fraction of sp³-hybridized carbons (Fsp3) is 0.778. The third kappa shape index (κ3) is 5.47. The number of carbonyl (C=O) groups excluding carboxylic acids is 2. The molecule has 4 heteroatoms. The number of esters is 2. The molecular weight excluding hydrogens is 280 g/mol. The first kappa shape index (κ1) is 18.7. The van der Waals surface area contributed by atoms with Crippen molar-refractivity contribution in [3.63, 3.8) is 0 Å². The minimum absolute atomic E-state index is 0.0159. The van der Waals surface area contributed by atoms with Gasteiger partial charge in [-0.15, -0.1) is 0 Å². The predicted molar refractivity (Wildman–Crippen MR) is 86.3 cm³/mol. The van der Waals surface area contributed by atoms with Gasteiger partial charge >= 0.3 is 11.9 Å². The van der Waals surface area contributed by atoms with Crippen molar-refractivity contribution in [2.45, 2.75) is 84.8 Å². The minimum atomic E-state index is -0.258. The SMILES string of the molecule is CCC(CC)OC(=O)CC1CCC=C1C(=O)OC(CC)CC. The zero-order chi connectivity index (χ0) is 16.5. The van der Waals surface area contributed by atoms with Gasteiger partial charge in [0.1, 0.15) is 12.2 Å². The van der Waals surface area contributed by atoms with Crippen LogP contribution >= 0.6 is 0 Å². The van der Waals surface area contributed by atoms with Crippen LogP contribution in [0.2, 0.25) is 0 Å². The van der Waals surface area contributed by atoms with E-state index >= 15 is 0 Å². The Morgan fingerprint density at radius 3 is 2.14 bits per heavy atom. The first-order valence-electron chi connectivity index (χ1n) is 8.65. The molecule has 1 aliphatic carbocycles. The first-order valence-corrected chi connectivity index (χ1v) is 8.65. The van der Waals surface area contributed by atoms with Gasteiger partial charge in [0.2, 0.25) is 0 Å². The maximum atomic E-state index is 12.3. The van der Waals surface area contributed by atoms with Gasteiger partial charge in [0.25, 0.3) is 0 Å². The van der Waals surface area contributed by atoms with Gasteiger partial charge in [0.05, 0.1) is 6.42 Å². The van der Waals surface area contributed by atoms with E-state index in [-0.39, 0.29) is 36.5 Å². The summed E-state index contributed by atoms with van der Waals surface area (Å²) in [5, 5.41) is 0. The molecule has 1 aliphatic rings. The molecule has 0 aromatic carbocycles. The van der Waals surface area contributed by atoms with Gasteiger partial charge in [-0.1, -0.05) is 33.8 Å². The molecule has 1 atom stereocenters. The van der Waals surface area contributed by atoms with Crippen molar-refractivity contribution < 1.29 is 19.1 Å². The zero-order valence-corrected chi connectivity index (χ0v) is 14.4. The van der Waals surface area contributed by atoms with E-state index in [1.54, 1.807) is 0 Å². The van der Waals surface area contributed by atoms with Gasteiger partial charge in [-0.3, -0.25) is 4.79 Å². The zero-order valence-electron chi connectivity index (χ0n) is 14.4. The van der Waals surface area contributed by atoms with Gasteiger partial charge in [0, 0.05) is 11.5 Å². The normalized spacial score (nSPS) is 17.7. The van der Waals surface area contributed by atoms with Crippen LogP contribution in [0.3, 0.4) is 0 Å². The summed E-state index contributed by atoms with van der Waals surface area (Å²) in [6, 6.07) is 0. The standard InChI is InChI=1S/C18H30O4/c1-5-14(6-2)21-17(19)12-13-10-9-11-16(13)18(20)22-15(7-3)8-4/h11,13-15H,5-10,12H2,1-4H3. The Labute approximate surface area is 134 Å². The van der Waals surface area contributed by atoms with Crippen molar-refractivity contribution in [1.29, 1.82) is 0 Å². The summed E-state index contributed by atoms with van der Waals surface area (Å²) in [6.07, 6.45) is 7.08. The molecule has 0 N–H and O–H groups in total. The maximum Gasteiger partial charge on any atom is 0.334 e. The van der Waals surface area contributed by atoms with Crippen LogP contribution in [-0.2, 0) is 19.1 Å². The smallest absolute Gasteiger partial charge is 0.334 e. The van der Waals surface area contributed by atoms with E-state index in [9.17, 15) is 9.59 Å². The lowest BCUT2D eigenvalue weighted by Gasteiger charge is -2.19. The highest BCUT2D eigenvalue weighted by molar-refractivity contribution is 5.90. The molecule has 0 radical (unpaired) electrons.